The van der Waals surface area contributed by atoms with E-state index >= 15 is 0 Å². The van der Waals surface area contributed by atoms with Crippen molar-refractivity contribution in [2.45, 2.75) is 6.92 Å². The van der Waals surface area contributed by atoms with Crippen molar-refractivity contribution >= 4 is 37.4 Å². The van der Waals surface area contributed by atoms with Crippen LogP contribution in [0, 0.1) is 6.92 Å². The molecule has 2 aromatic rings. The van der Waals surface area contributed by atoms with Crippen molar-refractivity contribution < 1.29 is 0 Å². The minimum absolute atomic E-state index is 1.16. The lowest BCUT2D eigenvalue weighted by atomic mass is 10.2. The molecule has 0 spiro atoms. The van der Waals surface area contributed by atoms with E-state index in [1.54, 1.807) is 0 Å². The Morgan fingerprint density at radius 1 is 1.27 bits per heavy atom. The lowest BCUT2D eigenvalue weighted by Gasteiger charge is -1.88. The van der Waals surface area contributed by atoms with Gasteiger partial charge in [0.25, 0.3) is 0 Å². The Kier molecular flexibility index (Phi) is 1.74. The van der Waals surface area contributed by atoms with Crippen LogP contribution in [0.3, 0.4) is 0 Å². The SMILES string of the molecule is Cc1cc2ccc(Br)cc2s1. The molecule has 1 aromatic heterocycles. The van der Waals surface area contributed by atoms with Gasteiger partial charge in [0.15, 0.2) is 0 Å². The summed E-state index contributed by atoms with van der Waals surface area (Å²) >= 11 is 5.28. The highest BCUT2D eigenvalue weighted by Crippen LogP contribution is 2.27. The van der Waals surface area contributed by atoms with E-state index in [0.717, 1.165) is 4.47 Å². The molecule has 1 aromatic carbocycles. The van der Waals surface area contributed by atoms with Crippen LogP contribution in [0.4, 0.5) is 0 Å². The smallest absolute Gasteiger partial charge is 0.0356 e. The maximum absolute atomic E-state index is 3.45. The van der Waals surface area contributed by atoms with Crippen LogP contribution in [0.2, 0.25) is 0 Å². The second kappa shape index (κ2) is 2.61. The summed E-state index contributed by atoms with van der Waals surface area (Å²) in [6.07, 6.45) is 0. The van der Waals surface area contributed by atoms with Crippen molar-refractivity contribution in [2.24, 2.45) is 0 Å². The highest BCUT2D eigenvalue weighted by molar-refractivity contribution is 9.10. The summed E-state index contributed by atoms with van der Waals surface area (Å²) in [6.45, 7) is 2.14. The molecule has 0 aliphatic rings. The van der Waals surface area contributed by atoms with Gasteiger partial charge in [-0.15, -0.1) is 11.3 Å². The second-order valence-electron chi connectivity index (χ2n) is 2.54. The number of thiophene rings is 1. The van der Waals surface area contributed by atoms with Crippen molar-refractivity contribution in [1.82, 2.24) is 0 Å². The van der Waals surface area contributed by atoms with Gasteiger partial charge in [-0.2, -0.15) is 0 Å². The third kappa shape index (κ3) is 1.33. The Morgan fingerprint density at radius 3 is 2.91 bits per heavy atom. The fourth-order valence-electron chi connectivity index (χ4n) is 1.14. The second-order valence-corrected chi connectivity index (χ2v) is 4.74. The lowest BCUT2D eigenvalue weighted by molar-refractivity contribution is 1.65. The first-order chi connectivity index (χ1) is 5.25. The first-order valence-corrected chi connectivity index (χ1v) is 5.02. The van der Waals surface area contributed by atoms with Crippen LogP contribution in [0.15, 0.2) is 28.7 Å². The Hall–Kier alpha value is -0.340. The van der Waals surface area contributed by atoms with Gasteiger partial charge in [-0.1, -0.05) is 22.0 Å². The number of hydrogen-bond donors (Lipinski definition) is 0. The van der Waals surface area contributed by atoms with E-state index in [9.17, 15) is 0 Å². The molecule has 0 saturated carbocycles. The normalized spacial score (nSPS) is 10.7. The summed E-state index contributed by atoms with van der Waals surface area (Å²) in [6, 6.07) is 8.59. The van der Waals surface area contributed by atoms with E-state index in [1.807, 2.05) is 11.3 Å². The number of hydrogen-bond acceptors (Lipinski definition) is 1. The van der Waals surface area contributed by atoms with Crippen molar-refractivity contribution in [1.29, 1.82) is 0 Å². The van der Waals surface area contributed by atoms with E-state index in [2.05, 4.69) is 47.1 Å². The van der Waals surface area contributed by atoms with Crippen molar-refractivity contribution in [3.05, 3.63) is 33.6 Å². The standard InChI is InChI=1S/C9H7BrS/c1-6-4-7-2-3-8(10)5-9(7)11-6/h2-5H,1H3. The molecule has 0 aliphatic heterocycles. The fraction of sp³-hybridized carbons (Fsp3) is 0.111. The molecular formula is C9H7BrS. The van der Waals surface area contributed by atoms with Crippen LogP contribution in [-0.2, 0) is 0 Å². The minimum Gasteiger partial charge on any atom is -0.141 e. The zero-order valence-electron chi connectivity index (χ0n) is 6.10. The molecule has 1 heterocycles. The highest BCUT2D eigenvalue weighted by atomic mass is 79.9. The van der Waals surface area contributed by atoms with Gasteiger partial charge in [-0.25, -0.2) is 0 Å². The van der Waals surface area contributed by atoms with Gasteiger partial charge in [-0.3, -0.25) is 0 Å². The molecule has 0 aliphatic carbocycles. The Morgan fingerprint density at radius 2 is 2.09 bits per heavy atom. The summed E-state index contributed by atoms with van der Waals surface area (Å²) in [5.74, 6) is 0. The number of halogens is 1. The summed E-state index contributed by atoms with van der Waals surface area (Å²) < 4.78 is 2.52. The summed E-state index contributed by atoms with van der Waals surface area (Å²) in [7, 11) is 0. The molecule has 0 nitrogen and oxygen atoms in total. The maximum atomic E-state index is 3.45. The molecule has 2 heteroatoms. The molecule has 0 saturated heterocycles. The van der Waals surface area contributed by atoms with Crippen LogP contribution in [0.1, 0.15) is 4.88 Å². The summed E-state index contributed by atoms with van der Waals surface area (Å²) in [4.78, 5) is 1.37. The van der Waals surface area contributed by atoms with Crippen LogP contribution >= 0.6 is 27.3 Å². The van der Waals surface area contributed by atoms with Crippen LogP contribution < -0.4 is 0 Å². The summed E-state index contributed by atoms with van der Waals surface area (Å²) in [5, 5.41) is 1.34. The van der Waals surface area contributed by atoms with E-state index in [0.29, 0.717) is 0 Å². The topological polar surface area (TPSA) is 0 Å². The third-order valence-electron chi connectivity index (χ3n) is 1.61. The Labute approximate surface area is 78.0 Å². The molecule has 0 N–H and O–H groups in total. The molecule has 0 amide bonds. The third-order valence-corrected chi connectivity index (χ3v) is 3.11. The summed E-state index contributed by atoms with van der Waals surface area (Å²) in [5.41, 5.74) is 0. The van der Waals surface area contributed by atoms with E-state index < -0.39 is 0 Å². The Balaban J connectivity index is 2.82. The first-order valence-electron chi connectivity index (χ1n) is 3.41. The van der Waals surface area contributed by atoms with Crippen LogP contribution in [-0.4, -0.2) is 0 Å². The van der Waals surface area contributed by atoms with Crippen molar-refractivity contribution in [3.8, 4) is 0 Å². The number of benzene rings is 1. The number of rotatable bonds is 0. The van der Waals surface area contributed by atoms with E-state index in [4.69, 9.17) is 0 Å². The van der Waals surface area contributed by atoms with E-state index in [1.165, 1.54) is 15.0 Å². The lowest BCUT2D eigenvalue weighted by Crippen LogP contribution is -1.61. The van der Waals surface area contributed by atoms with Gasteiger partial charge < -0.3 is 0 Å². The molecule has 0 atom stereocenters. The first kappa shape index (κ1) is 7.32. The predicted molar refractivity (Wildman–Crippen MR) is 54.3 cm³/mol. The fourth-order valence-corrected chi connectivity index (χ4v) is 2.61. The average molecular weight is 227 g/mol. The van der Waals surface area contributed by atoms with Gasteiger partial charge >= 0.3 is 0 Å². The molecule has 56 valence electrons. The monoisotopic (exact) mass is 226 g/mol. The zero-order chi connectivity index (χ0) is 7.84. The zero-order valence-corrected chi connectivity index (χ0v) is 8.50. The maximum Gasteiger partial charge on any atom is 0.0356 e. The Bertz CT molecular complexity index is 389. The minimum atomic E-state index is 1.16. The number of fused-ring (bicyclic) bond motifs is 1. The van der Waals surface area contributed by atoms with Gasteiger partial charge in [0.1, 0.15) is 0 Å². The van der Waals surface area contributed by atoms with Crippen molar-refractivity contribution in [2.75, 3.05) is 0 Å². The van der Waals surface area contributed by atoms with Gasteiger partial charge in [0.05, 0.1) is 0 Å². The molecule has 0 fully saturated rings. The van der Waals surface area contributed by atoms with Gasteiger partial charge in [0.2, 0.25) is 0 Å². The molecule has 0 radical (unpaired) electrons. The highest BCUT2D eigenvalue weighted by Gasteiger charge is 1.97. The molecule has 0 bridgehead atoms. The molecule has 11 heavy (non-hydrogen) atoms. The molecular weight excluding hydrogens is 220 g/mol. The largest absolute Gasteiger partial charge is 0.141 e. The van der Waals surface area contributed by atoms with Gasteiger partial charge in [-0.05, 0) is 30.5 Å². The van der Waals surface area contributed by atoms with Gasteiger partial charge in [0, 0.05) is 14.0 Å². The average Bonchev–Trinajstić information content (AvgIpc) is 2.27. The van der Waals surface area contributed by atoms with E-state index in [-0.39, 0.29) is 0 Å². The van der Waals surface area contributed by atoms with Crippen LogP contribution in [0.25, 0.3) is 10.1 Å². The quantitative estimate of drug-likeness (QED) is 0.638. The van der Waals surface area contributed by atoms with Crippen molar-refractivity contribution in [3.63, 3.8) is 0 Å². The van der Waals surface area contributed by atoms with Crippen LogP contribution in [0.5, 0.6) is 0 Å². The molecule has 0 unspecified atom stereocenters. The number of aryl methyl sites for hydroxylation is 1. The molecule has 2 rings (SSSR count). The predicted octanol–water partition coefficient (Wildman–Crippen LogP) is 3.97.